The number of nitrogens with two attached hydrogens (primary N) is 1. The number of carbonyl (C=O) groups is 1. The van der Waals surface area contributed by atoms with E-state index in [1.165, 1.54) is 5.56 Å². The maximum Gasteiger partial charge on any atom is 0.267 e. The summed E-state index contributed by atoms with van der Waals surface area (Å²) >= 11 is 0. The fourth-order valence-corrected chi connectivity index (χ4v) is 2.08. The lowest BCUT2D eigenvalue weighted by Gasteiger charge is -2.09. The van der Waals surface area contributed by atoms with E-state index >= 15 is 0 Å². The number of nitrogen functional groups attached to an aromatic ring is 1. The van der Waals surface area contributed by atoms with Crippen molar-refractivity contribution in [2.24, 2.45) is 5.84 Å². The van der Waals surface area contributed by atoms with E-state index < -0.39 is 0 Å². The van der Waals surface area contributed by atoms with E-state index in [0.717, 1.165) is 11.3 Å². The van der Waals surface area contributed by atoms with Crippen LogP contribution in [0.25, 0.3) is 11.3 Å². The number of benzene rings is 1. The highest BCUT2D eigenvalue weighted by molar-refractivity contribution is 5.95. The highest BCUT2D eigenvalue weighted by Gasteiger charge is 2.10. The highest BCUT2D eigenvalue weighted by Crippen LogP contribution is 2.22. The topological polar surface area (TPSA) is 68.0 Å². The Balaban J connectivity index is 2.34. The molecule has 0 saturated carbocycles. The molecule has 0 bridgehead atoms. The molecule has 4 nitrogen and oxygen atoms in total. The molecule has 0 atom stereocenters. The SMILES string of the molecule is Cc1nc(-c2ccc(C(C)C)cc2)ccc1C(=O)NN. The molecule has 1 aromatic heterocycles. The molecule has 0 aliphatic rings. The summed E-state index contributed by atoms with van der Waals surface area (Å²) in [7, 11) is 0. The van der Waals surface area contributed by atoms with Gasteiger partial charge in [-0.15, -0.1) is 0 Å². The van der Waals surface area contributed by atoms with Crippen molar-refractivity contribution in [3.05, 3.63) is 53.2 Å². The Hall–Kier alpha value is -2.20. The lowest BCUT2D eigenvalue weighted by atomic mass is 10.0. The summed E-state index contributed by atoms with van der Waals surface area (Å²) in [4.78, 5) is 16.0. The third-order valence-corrected chi connectivity index (χ3v) is 3.33. The average Bonchev–Trinajstić information content (AvgIpc) is 2.46. The first-order chi connectivity index (χ1) is 9.52. The van der Waals surface area contributed by atoms with Gasteiger partial charge < -0.3 is 0 Å². The standard InChI is InChI=1S/C16H19N3O/c1-10(2)12-4-6-13(7-5-12)15-9-8-14(11(3)18-15)16(20)19-17/h4-10H,17H2,1-3H3,(H,19,20). The van der Waals surface area contributed by atoms with Crippen LogP contribution in [0.3, 0.4) is 0 Å². The van der Waals surface area contributed by atoms with Crippen molar-refractivity contribution in [3.8, 4) is 11.3 Å². The first-order valence-electron chi connectivity index (χ1n) is 6.62. The Morgan fingerprint density at radius 3 is 2.30 bits per heavy atom. The van der Waals surface area contributed by atoms with Gasteiger partial charge in [-0.25, -0.2) is 5.84 Å². The van der Waals surface area contributed by atoms with Crippen LogP contribution in [0.2, 0.25) is 0 Å². The van der Waals surface area contributed by atoms with Gasteiger partial charge >= 0.3 is 0 Å². The summed E-state index contributed by atoms with van der Waals surface area (Å²) in [6, 6.07) is 11.9. The highest BCUT2D eigenvalue weighted by atomic mass is 16.2. The van der Waals surface area contributed by atoms with E-state index in [4.69, 9.17) is 5.84 Å². The van der Waals surface area contributed by atoms with Crippen LogP contribution in [0.15, 0.2) is 36.4 Å². The Labute approximate surface area is 119 Å². The Morgan fingerprint density at radius 1 is 1.15 bits per heavy atom. The van der Waals surface area contributed by atoms with Gasteiger partial charge in [0.05, 0.1) is 17.0 Å². The summed E-state index contributed by atoms with van der Waals surface area (Å²) < 4.78 is 0. The molecule has 1 amide bonds. The summed E-state index contributed by atoms with van der Waals surface area (Å²) in [6.07, 6.45) is 0. The van der Waals surface area contributed by atoms with Gasteiger partial charge in [0, 0.05) is 5.56 Å². The maximum atomic E-state index is 11.5. The zero-order valence-corrected chi connectivity index (χ0v) is 12.0. The lowest BCUT2D eigenvalue weighted by molar-refractivity contribution is 0.0952. The van der Waals surface area contributed by atoms with Gasteiger partial charge in [-0.2, -0.15) is 0 Å². The van der Waals surface area contributed by atoms with E-state index in [-0.39, 0.29) is 5.91 Å². The summed E-state index contributed by atoms with van der Waals surface area (Å²) in [6.45, 7) is 6.13. The summed E-state index contributed by atoms with van der Waals surface area (Å²) in [5.74, 6) is 5.33. The number of hydrogen-bond acceptors (Lipinski definition) is 3. The minimum atomic E-state index is -0.322. The van der Waals surface area contributed by atoms with Crippen LogP contribution in [-0.4, -0.2) is 10.9 Å². The van der Waals surface area contributed by atoms with Crippen molar-refractivity contribution in [1.29, 1.82) is 0 Å². The van der Waals surface area contributed by atoms with Crippen molar-refractivity contribution in [2.45, 2.75) is 26.7 Å². The van der Waals surface area contributed by atoms with Crippen LogP contribution in [0.1, 0.15) is 41.4 Å². The molecular formula is C16H19N3O. The van der Waals surface area contributed by atoms with Crippen LogP contribution in [0, 0.1) is 6.92 Å². The molecule has 0 fully saturated rings. The molecule has 2 rings (SSSR count). The van der Waals surface area contributed by atoms with Crippen molar-refractivity contribution in [3.63, 3.8) is 0 Å². The number of hydrogen-bond donors (Lipinski definition) is 2. The molecular weight excluding hydrogens is 250 g/mol. The summed E-state index contributed by atoms with van der Waals surface area (Å²) in [5.41, 5.74) is 6.47. The van der Waals surface area contributed by atoms with E-state index in [2.05, 4.69) is 48.5 Å². The molecule has 1 aromatic carbocycles. The van der Waals surface area contributed by atoms with Crippen LogP contribution >= 0.6 is 0 Å². The van der Waals surface area contributed by atoms with E-state index in [1.54, 1.807) is 13.0 Å². The molecule has 1 heterocycles. The fraction of sp³-hybridized carbons (Fsp3) is 0.250. The predicted octanol–water partition coefficient (Wildman–Crippen LogP) is 2.78. The zero-order chi connectivity index (χ0) is 14.7. The lowest BCUT2D eigenvalue weighted by Crippen LogP contribution is -2.30. The van der Waals surface area contributed by atoms with Gasteiger partial charge in [-0.05, 0) is 30.5 Å². The van der Waals surface area contributed by atoms with Crippen LogP contribution < -0.4 is 11.3 Å². The minimum absolute atomic E-state index is 0.322. The normalized spacial score (nSPS) is 10.7. The van der Waals surface area contributed by atoms with Crippen molar-refractivity contribution < 1.29 is 4.79 Å². The van der Waals surface area contributed by atoms with Gasteiger partial charge in [0.15, 0.2) is 0 Å². The van der Waals surface area contributed by atoms with Crippen molar-refractivity contribution >= 4 is 5.91 Å². The Morgan fingerprint density at radius 2 is 1.80 bits per heavy atom. The quantitative estimate of drug-likeness (QED) is 0.511. The predicted molar refractivity (Wildman–Crippen MR) is 80.2 cm³/mol. The Bertz CT molecular complexity index is 618. The summed E-state index contributed by atoms with van der Waals surface area (Å²) in [5, 5.41) is 0. The maximum absolute atomic E-state index is 11.5. The van der Waals surface area contributed by atoms with Gasteiger partial charge in [0.2, 0.25) is 0 Å². The molecule has 0 unspecified atom stereocenters. The zero-order valence-electron chi connectivity index (χ0n) is 12.0. The fourth-order valence-electron chi connectivity index (χ4n) is 2.08. The molecule has 0 aliphatic carbocycles. The van der Waals surface area contributed by atoms with Gasteiger partial charge in [0.25, 0.3) is 5.91 Å². The molecule has 3 N–H and O–H groups in total. The number of amides is 1. The molecule has 0 radical (unpaired) electrons. The Kier molecular flexibility index (Phi) is 4.15. The molecule has 0 aliphatic heterocycles. The smallest absolute Gasteiger partial charge is 0.267 e. The number of aryl methyl sites for hydroxylation is 1. The molecule has 4 heteroatoms. The first kappa shape index (κ1) is 14.2. The molecule has 20 heavy (non-hydrogen) atoms. The second-order valence-electron chi connectivity index (χ2n) is 5.08. The third-order valence-electron chi connectivity index (χ3n) is 3.33. The number of rotatable bonds is 3. The number of pyridine rings is 1. The molecule has 0 saturated heterocycles. The second kappa shape index (κ2) is 5.84. The van der Waals surface area contributed by atoms with Gasteiger partial charge in [-0.1, -0.05) is 38.1 Å². The largest absolute Gasteiger partial charge is 0.290 e. The van der Waals surface area contributed by atoms with E-state index in [9.17, 15) is 4.79 Å². The van der Waals surface area contributed by atoms with Gasteiger partial charge in [0.1, 0.15) is 0 Å². The van der Waals surface area contributed by atoms with E-state index in [0.29, 0.717) is 17.2 Å². The monoisotopic (exact) mass is 269 g/mol. The van der Waals surface area contributed by atoms with Crippen LogP contribution in [-0.2, 0) is 0 Å². The van der Waals surface area contributed by atoms with E-state index in [1.807, 2.05) is 6.07 Å². The van der Waals surface area contributed by atoms with Crippen molar-refractivity contribution in [1.82, 2.24) is 10.4 Å². The van der Waals surface area contributed by atoms with Crippen LogP contribution in [0.5, 0.6) is 0 Å². The number of nitrogens with zero attached hydrogens (tertiary/aromatic N) is 1. The average molecular weight is 269 g/mol. The molecule has 0 spiro atoms. The number of carbonyl (C=O) groups excluding carboxylic acids is 1. The third kappa shape index (κ3) is 2.86. The van der Waals surface area contributed by atoms with Crippen LogP contribution in [0.4, 0.5) is 0 Å². The first-order valence-corrected chi connectivity index (χ1v) is 6.62. The van der Waals surface area contributed by atoms with Crippen molar-refractivity contribution in [2.75, 3.05) is 0 Å². The number of aromatic nitrogens is 1. The number of nitrogens with one attached hydrogen (secondary N) is 1. The van der Waals surface area contributed by atoms with Gasteiger partial charge in [-0.3, -0.25) is 15.2 Å². The molecule has 104 valence electrons. The second-order valence-corrected chi connectivity index (χ2v) is 5.08. The number of hydrazine groups is 1. The minimum Gasteiger partial charge on any atom is -0.290 e. The molecule has 2 aromatic rings.